The van der Waals surface area contributed by atoms with Crippen molar-refractivity contribution in [3.63, 3.8) is 0 Å². The van der Waals surface area contributed by atoms with Crippen LogP contribution in [0.1, 0.15) is 60.8 Å². The molecule has 0 radical (unpaired) electrons. The van der Waals surface area contributed by atoms with Crippen LogP contribution >= 0.6 is 0 Å². The minimum Gasteiger partial charge on any atom is -0.481 e. The Labute approximate surface area is 210 Å². The number of ether oxygens (including phenoxy) is 1. The molecule has 35 heavy (non-hydrogen) atoms. The van der Waals surface area contributed by atoms with Gasteiger partial charge in [-0.3, -0.25) is 4.79 Å². The topological polar surface area (TPSA) is 84.9 Å². The molecule has 2 aromatic rings. The summed E-state index contributed by atoms with van der Waals surface area (Å²) < 4.78 is 12.8. The Bertz CT molecular complexity index is 958. The van der Waals surface area contributed by atoms with E-state index in [-0.39, 0.29) is 11.1 Å². The second-order valence-electron chi connectivity index (χ2n) is 11.4. The molecular weight excluding hydrogens is 458 g/mol. The number of carboxylic acid groups (broad SMARTS) is 1. The molecule has 0 heterocycles. The number of carbonyl (C=O) groups is 2. The molecule has 3 atom stereocenters. The number of carboxylic acids is 1. The van der Waals surface area contributed by atoms with Crippen molar-refractivity contribution in [3.05, 3.63) is 60.7 Å². The monoisotopic (exact) mass is 497 g/mol. The van der Waals surface area contributed by atoms with Gasteiger partial charge in [-0.1, -0.05) is 81.4 Å². The van der Waals surface area contributed by atoms with Gasteiger partial charge in [0, 0.05) is 0 Å². The minimum atomic E-state index is -2.87. The lowest BCUT2D eigenvalue weighted by atomic mass is 9.84. The Morgan fingerprint density at radius 2 is 1.40 bits per heavy atom. The van der Waals surface area contributed by atoms with E-state index in [1.807, 2.05) is 57.2 Å². The average Bonchev–Trinajstić information content (AvgIpc) is 2.77. The maximum absolute atomic E-state index is 12.7. The molecule has 1 aliphatic carbocycles. The molecule has 1 aliphatic rings. The molecule has 2 N–H and O–H groups in total. The second-order valence-corrected chi connectivity index (χ2v) is 15.7. The zero-order valence-electron chi connectivity index (χ0n) is 21.7. The summed E-state index contributed by atoms with van der Waals surface area (Å²) in [6.07, 6.45) is 0.457. The van der Waals surface area contributed by atoms with Crippen molar-refractivity contribution in [2.24, 2.45) is 5.92 Å². The normalized spacial score (nSPS) is 21.3. The molecule has 6 nitrogen and oxygen atoms in total. The maximum Gasteiger partial charge on any atom is 0.407 e. The van der Waals surface area contributed by atoms with Crippen LogP contribution in [0.3, 0.4) is 0 Å². The van der Waals surface area contributed by atoms with Crippen LogP contribution in [0.25, 0.3) is 0 Å². The molecule has 0 aromatic heterocycles. The number of carbonyl (C=O) groups excluding carboxylic acids is 1. The number of nitrogens with one attached hydrogen (secondary N) is 1. The molecule has 0 spiro atoms. The molecule has 1 amide bonds. The third-order valence-electron chi connectivity index (χ3n) is 6.58. The van der Waals surface area contributed by atoms with E-state index in [1.165, 1.54) is 0 Å². The van der Waals surface area contributed by atoms with Crippen molar-refractivity contribution in [3.8, 4) is 0 Å². The van der Waals surface area contributed by atoms with Gasteiger partial charge >= 0.3 is 12.1 Å². The van der Waals surface area contributed by atoms with Crippen LogP contribution in [0.5, 0.6) is 0 Å². The van der Waals surface area contributed by atoms with E-state index in [9.17, 15) is 14.7 Å². The standard InChI is InChI=1S/C28H39NO5Si/c1-27(2,3)33-26(32)29-23-19-20(25(30)31)17-18-24(23)34-35(28(4,5)6,21-13-9-7-10-14-21)22-15-11-8-12-16-22/h7-16,20,23-24H,17-19H2,1-6H3,(H,29,32)(H,30,31). The number of amides is 1. The molecule has 7 heteroatoms. The molecule has 0 aliphatic heterocycles. The molecular formula is C28H39NO5Si. The number of benzene rings is 2. The first-order valence-electron chi connectivity index (χ1n) is 12.3. The predicted molar refractivity (Wildman–Crippen MR) is 141 cm³/mol. The molecule has 0 bridgehead atoms. The lowest BCUT2D eigenvalue weighted by Crippen LogP contribution is -2.69. The van der Waals surface area contributed by atoms with Gasteiger partial charge in [-0.25, -0.2) is 4.79 Å². The first-order valence-corrected chi connectivity index (χ1v) is 14.3. The van der Waals surface area contributed by atoms with Gasteiger partial charge in [-0.15, -0.1) is 0 Å². The van der Waals surface area contributed by atoms with Crippen LogP contribution in [-0.4, -0.2) is 43.2 Å². The number of alkyl carbamates (subject to hydrolysis) is 1. The smallest absolute Gasteiger partial charge is 0.407 e. The van der Waals surface area contributed by atoms with Gasteiger partial charge in [0.1, 0.15) is 5.60 Å². The summed E-state index contributed by atoms with van der Waals surface area (Å²) >= 11 is 0. The summed E-state index contributed by atoms with van der Waals surface area (Å²) in [6.45, 7) is 12.0. The fraction of sp³-hybridized carbons (Fsp3) is 0.500. The van der Waals surface area contributed by atoms with Crippen LogP contribution in [0.4, 0.5) is 4.79 Å². The summed E-state index contributed by atoms with van der Waals surface area (Å²) in [5.74, 6) is -1.38. The third kappa shape index (κ3) is 6.33. The van der Waals surface area contributed by atoms with Gasteiger partial charge in [-0.05, 0) is 55.4 Å². The van der Waals surface area contributed by atoms with Gasteiger partial charge in [0.05, 0.1) is 18.1 Å². The van der Waals surface area contributed by atoms with Gasteiger partial charge in [-0.2, -0.15) is 0 Å². The Morgan fingerprint density at radius 1 is 0.886 bits per heavy atom. The zero-order valence-corrected chi connectivity index (χ0v) is 22.7. The van der Waals surface area contributed by atoms with Gasteiger partial charge in [0.2, 0.25) is 0 Å². The molecule has 1 saturated carbocycles. The average molecular weight is 498 g/mol. The van der Waals surface area contributed by atoms with Crippen LogP contribution in [0.15, 0.2) is 60.7 Å². The lowest BCUT2D eigenvalue weighted by Gasteiger charge is -2.48. The van der Waals surface area contributed by atoms with E-state index in [0.29, 0.717) is 19.3 Å². The van der Waals surface area contributed by atoms with Crippen molar-refractivity contribution in [1.29, 1.82) is 0 Å². The highest BCUT2D eigenvalue weighted by Gasteiger charge is 2.53. The molecule has 0 saturated heterocycles. The highest BCUT2D eigenvalue weighted by atomic mass is 28.4. The predicted octanol–water partition coefficient (Wildman–Crippen LogP) is 4.71. The van der Waals surface area contributed by atoms with E-state index in [4.69, 9.17) is 9.16 Å². The fourth-order valence-corrected chi connectivity index (χ4v) is 9.79. The lowest BCUT2D eigenvalue weighted by molar-refractivity contribution is -0.143. The molecule has 190 valence electrons. The third-order valence-corrected chi connectivity index (χ3v) is 11.6. The van der Waals surface area contributed by atoms with Gasteiger partial charge in [0.15, 0.2) is 0 Å². The Hall–Kier alpha value is -2.64. The summed E-state index contributed by atoms with van der Waals surface area (Å²) in [4.78, 5) is 24.6. The van der Waals surface area contributed by atoms with E-state index >= 15 is 0 Å². The Morgan fingerprint density at radius 3 is 1.83 bits per heavy atom. The summed E-state index contributed by atoms with van der Waals surface area (Å²) in [6, 6.07) is 20.2. The van der Waals surface area contributed by atoms with Gasteiger partial charge in [0.25, 0.3) is 8.32 Å². The molecule has 3 rings (SSSR count). The van der Waals surface area contributed by atoms with Crippen molar-refractivity contribution in [1.82, 2.24) is 5.32 Å². The highest BCUT2D eigenvalue weighted by Crippen LogP contribution is 2.40. The highest BCUT2D eigenvalue weighted by molar-refractivity contribution is 6.99. The molecule has 2 aromatic carbocycles. The van der Waals surface area contributed by atoms with Gasteiger partial charge < -0.3 is 19.6 Å². The van der Waals surface area contributed by atoms with E-state index in [0.717, 1.165) is 10.4 Å². The Balaban J connectivity index is 2.05. The van der Waals surface area contributed by atoms with Crippen LogP contribution < -0.4 is 15.7 Å². The second kappa shape index (κ2) is 10.5. The SMILES string of the molecule is CC(C)(C)OC(=O)NC1CC(C(=O)O)CCC1O[Si](c1ccccc1)(c1ccccc1)C(C)(C)C. The van der Waals surface area contributed by atoms with Crippen LogP contribution in [0, 0.1) is 5.92 Å². The summed E-state index contributed by atoms with van der Waals surface area (Å²) in [5.41, 5.74) is -0.653. The molecule has 3 unspecified atom stereocenters. The fourth-order valence-electron chi connectivity index (χ4n) is 5.04. The van der Waals surface area contributed by atoms with E-state index in [1.54, 1.807) is 0 Å². The number of hydrogen-bond acceptors (Lipinski definition) is 4. The number of rotatable bonds is 6. The van der Waals surface area contributed by atoms with Crippen LogP contribution in [0.2, 0.25) is 5.04 Å². The number of hydrogen-bond donors (Lipinski definition) is 2. The summed E-state index contributed by atoms with van der Waals surface area (Å²) in [5, 5.41) is 14.7. The van der Waals surface area contributed by atoms with Crippen molar-refractivity contribution >= 4 is 30.8 Å². The first kappa shape index (κ1) is 27.0. The largest absolute Gasteiger partial charge is 0.481 e. The minimum absolute atomic E-state index is 0.226. The molecule has 1 fully saturated rings. The van der Waals surface area contributed by atoms with Crippen molar-refractivity contribution in [2.75, 3.05) is 0 Å². The van der Waals surface area contributed by atoms with E-state index in [2.05, 4.69) is 50.4 Å². The van der Waals surface area contributed by atoms with Crippen molar-refractivity contribution in [2.45, 2.75) is 83.6 Å². The Kier molecular flexibility index (Phi) is 8.12. The van der Waals surface area contributed by atoms with E-state index < -0.39 is 37.9 Å². The van der Waals surface area contributed by atoms with Crippen molar-refractivity contribution < 1.29 is 23.9 Å². The summed E-state index contributed by atoms with van der Waals surface area (Å²) in [7, 11) is -2.87. The zero-order chi connectivity index (χ0) is 25.9. The first-order chi connectivity index (χ1) is 16.3. The maximum atomic E-state index is 12.7. The van der Waals surface area contributed by atoms with Crippen LogP contribution in [-0.2, 0) is 14.0 Å². The number of aliphatic carboxylic acids is 1. The quantitative estimate of drug-likeness (QED) is 0.565.